The molecule has 0 saturated heterocycles. The maximum atomic E-state index is 11.6. The third-order valence-corrected chi connectivity index (χ3v) is 2.15. The van der Waals surface area contributed by atoms with Gasteiger partial charge in [-0.3, -0.25) is 0 Å². The second-order valence-electron chi connectivity index (χ2n) is 5.38. The van der Waals surface area contributed by atoms with Crippen LogP contribution in [0.2, 0.25) is 0 Å². The molecule has 0 rings (SSSR count). The SMILES string of the molecule is COC(=O)C(NC(=O)OC(C)(C)C)C(O)C(C)C. The number of hydrogen-bond donors (Lipinski definition) is 2. The molecule has 2 atom stereocenters. The van der Waals surface area contributed by atoms with Crippen LogP contribution in [0.1, 0.15) is 34.6 Å². The fraction of sp³-hybridized carbons (Fsp3) is 0.833. The standard InChI is InChI=1S/C12H23NO5/c1-7(2)9(14)8(10(15)17-6)13-11(16)18-12(3,4)5/h7-9,14H,1-6H3,(H,13,16). The van der Waals surface area contributed by atoms with Crippen LogP contribution in [0.15, 0.2) is 0 Å². The normalized spacial score (nSPS) is 14.9. The van der Waals surface area contributed by atoms with Crippen LogP contribution in [0, 0.1) is 5.92 Å². The van der Waals surface area contributed by atoms with E-state index in [1.165, 1.54) is 7.11 Å². The summed E-state index contributed by atoms with van der Waals surface area (Å²) < 4.78 is 9.57. The number of methoxy groups -OCH3 is 1. The number of carbonyl (C=O) groups excluding carboxylic acids is 2. The number of hydrogen-bond acceptors (Lipinski definition) is 5. The van der Waals surface area contributed by atoms with Gasteiger partial charge in [-0.05, 0) is 26.7 Å². The van der Waals surface area contributed by atoms with E-state index in [9.17, 15) is 14.7 Å². The van der Waals surface area contributed by atoms with Crippen LogP contribution in [-0.2, 0) is 14.3 Å². The van der Waals surface area contributed by atoms with E-state index in [0.29, 0.717) is 0 Å². The van der Waals surface area contributed by atoms with Crippen LogP contribution >= 0.6 is 0 Å². The maximum absolute atomic E-state index is 11.6. The van der Waals surface area contributed by atoms with Crippen molar-refractivity contribution in [1.29, 1.82) is 0 Å². The highest BCUT2D eigenvalue weighted by molar-refractivity contribution is 5.82. The highest BCUT2D eigenvalue weighted by Crippen LogP contribution is 2.11. The smallest absolute Gasteiger partial charge is 0.408 e. The third-order valence-electron chi connectivity index (χ3n) is 2.15. The molecule has 0 aliphatic heterocycles. The van der Waals surface area contributed by atoms with Gasteiger partial charge in [0.1, 0.15) is 5.60 Å². The Labute approximate surface area is 108 Å². The summed E-state index contributed by atoms with van der Waals surface area (Å²) in [5.41, 5.74) is -0.673. The first-order chi connectivity index (χ1) is 8.08. The summed E-state index contributed by atoms with van der Waals surface area (Å²) in [5.74, 6) is -0.911. The second kappa shape index (κ2) is 6.58. The summed E-state index contributed by atoms with van der Waals surface area (Å²) in [7, 11) is 1.19. The number of rotatable bonds is 4. The average molecular weight is 261 g/mol. The van der Waals surface area contributed by atoms with E-state index in [1.54, 1.807) is 34.6 Å². The van der Waals surface area contributed by atoms with Crippen molar-refractivity contribution in [3.63, 3.8) is 0 Å². The van der Waals surface area contributed by atoms with E-state index >= 15 is 0 Å². The van der Waals surface area contributed by atoms with Gasteiger partial charge >= 0.3 is 12.1 Å². The highest BCUT2D eigenvalue weighted by Gasteiger charge is 2.32. The predicted octanol–water partition coefficient (Wildman–Crippen LogP) is 1.07. The largest absolute Gasteiger partial charge is 0.467 e. The predicted molar refractivity (Wildman–Crippen MR) is 66.0 cm³/mol. The van der Waals surface area contributed by atoms with Gasteiger partial charge < -0.3 is 19.9 Å². The number of aliphatic hydroxyl groups excluding tert-OH is 1. The number of alkyl carbamates (subject to hydrolysis) is 1. The Hall–Kier alpha value is -1.30. The van der Waals surface area contributed by atoms with Gasteiger partial charge in [-0.1, -0.05) is 13.8 Å². The molecule has 0 aliphatic rings. The molecule has 2 unspecified atom stereocenters. The lowest BCUT2D eigenvalue weighted by atomic mass is 10.00. The summed E-state index contributed by atoms with van der Waals surface area (Å²) in [5, 5.41) is 12.2. The number of aliphatic hydroxyl groups is 1. The molecule has 6 nitrogen and oxygen atoms in total. The van der Waals surface area contributed by atoms with Crippen molar-refractivity contribution in [3.8, 4) is 0 Å². The molecule has 0 aromatic carbocycles. The molecular formula is C12H23NO5. The molecule has 18 heavy (non-hydrogen) atoms. The van der Waals surface area contributed by atoms with Crippen LogP contribution in [0.5, 0.6) is 0 Å². The first-order valence-corrected chi connectivity index (χ1v) is 5.84. The Morgan fingerprint density at radius 2 is 1.72 bits per heavy atom. The molecule has 2 N–H and O–H groups in total. The van der Waals surface area contributed by atoms with Crippen molar-refractivity contribution in [2.24, 2.45) is 5.92 Å². The Morgan fingerprint density at radius 3 is 2.06 bits per heavy atom. The van der Waals surface area contributed by atoms with Crippen LogP contribution in [0.25, 0.3) is 0 Å². The summed E-state index contributed by atoms with van der Waals surface area (Å²) in [6, 6.07) is -1.13. The molecule has 0 saturated carbocycles. The lowest BCUT2D eigenvalue weighted by Crippen LogP contribution is -2.52. The van der Waals surface area contributed by atoms with Crippen LogP contribution in [0.3, 0.4) is 0 Å². The van der Waals surface area contributed by atoms with Crippen molar-refractivity contribution < 1.29 is 24.2 Å². The lowest BCUT2D eigenvalue weighted by Gasteiger charge is -2.26. The van der Waals surface area contributed by atoms with Gasteiger partial charge in [-0.2, -0.15) is 0 Å². The molecule has 0 aliphatic carbocycles. The number of esters is 1. The van der Waals surface area contributed by atoms with Gasteiger partial charge in [0.2, 0.25) is 0 Å². The fourth-order valence-corrected chi connectivity index (χ4v) is 1.23. The lowest BCUT2D eigenvalue weighted by molar-refractivity contribution is -0.147. The van der Waals surface area contributed by atoms with Gasteiger partial charge in [0.15, 0.2) is 6.04 Å². The molecule has 0 spiro atoms. The van der Waals surface area contributed by atoms with Crippen molar-refractivity contribution in [2.45, 2.75) is 52.4 Å². The summed E-state index contributed by atoms with van der Waals surface area (Å²) in [6.45, 7) is 8.59. The summed E-state index contributed by atoms with van der Waals surface area (Å²) >= 11 is 0. The minimum atomic E-state index is -1.13. The van der Waals surface area contributed by atoms with Gasteiger partial charge in [-0.25, -0.2) is 9.59 Å². The average Bonchev–Trinajstić information content (AvgIpc) is 2.21. The first kappa shape index (κ1) is 16.7. The zero-order valence-electron chi connectivity index (χ0n) is 11.8. The van der Waals surface area contributed by atoms with Crippen molar-refractivity contribution in [3.05, 3.63) is 0 Å². The summed E-state index contributed by atoms with van der Waals surface area (Å²) in [6.07, 6.45) is -1.80. The van der Waals surface area contributed by atoms with Crippen molar-refractivity contribution in [1.82, 2.24) is 5.32 Å². The van der Waals surface area contributed by atoms with Crippen LogP contribution in [0.4, 0.5) is 4.79 Å². The molecule has 106 valence electrons. The third kappa shape index (κ3) is 5.86. The second-order valence-corrected chi connectivity index (χ2v) is 5.38. The number of nitrogens with one attached hydrogen (secondary N) is 1. The quantitative estimate of drug-likeness (QED) is 0.739. The minimum absolute atomic E-state index is 0.205. The Morgan fingerprint density at radius 1 is 1.22 bits per heavy atom. The molecule has 6 heteroatoms. The van der Waals surface area contributed by atoms with E-state index in [0.717, 1.165) is 0 Å². The minimum Gasteiger partial charge on any atom is -0.467 e. The number of carbonyl (C=O) groups is 2. The Balaban J connectivity index is 4.70. The molecule has 0 heterocycles. The van der Waals surface area contributed by atoms with Crippen molar-refractivity contribution >= 4 is 12.1 Å². The van der Waals surface area contributed by atoms with Gasteiger partial charge in [-0.15, -0.1) is 0 Å². The molecule has 0 fully saturated rings. The number of ether oxygens (including phenoxy) is 2. The molecule has 0 radical (unpaired) electrons. The fourth-order valence-electron chi connectivity index (χ4n) is 1.23. The Kier molecular flexibility index (Phi) is 6.11. The first-order valence-electron chi connectivity index (χ1n) is 5.84. The van der Waals surface area contributed by atoms with E-state index in [4.69, 9.17) is 4.74 Å². The van der Waals surface area contributed by atoms with Crippen molar-refractivity contribution in [2.75, 3.05) is 7.11 Å². The van der Waals surface area contributed by atoms with Gasteiger partial charge in [0.05, 0.1) is 13.2 Å². The zero-order valence-corrected chi connectivity index (χ0v) is 11.8. The molecule has 1 amide bonds. The van der Waals surface area contributed by atoms with E-state index < -0.39 is 29.8 Å². The van der Waals surface area contributed by atoms with Gasteiger partial charge in [0.25, 0.3) is 0 Å². The van der Waals surface area contributed by atoms with E-state index in [2.05, 4.69) is 10.1 Å². The number of amides is 1. The van der Waals surface area contributed by atoms with Gasteiger partial charge in [0, 0.05) is 0 Å². The molecule has 0 aromatic heterocycles. The maximum Gasteiger partial charge on any atom is 0.408 e. The van der Waals surface area contributed by atoms with Crippen LogP contribution in [-0.4, -0.2) is 42.0 Å². The molecule has 0 aromatic rings. The van der Waals surface area contributed by atoms with Crippen LogP contribution < -0.4 is 5.32 Å². The molecular weight excluding hydrogens is 238 g/mol. The monoisotopic (exact) mass is 261 g/mol. The zero-order chi connectivity index (χ0) is 14.5. The highest BCUT2D eigenvalue weighted by atomic mass is 16.6. The van der Waals surface area contributed by atoms with E-state index in [1.807, 2.05) is 0 Å². The molecule has 0 bridgehead atoms. The van der Waals surface area contributed by atoms with E-state index in [-0.39, 0.29) is 5.92 Å². The summed E-state index contributed by atoms with van der Waals surface area (Å²) in [4.78, 5) is 23.1. The Bertz CT molecular complexity index is 295. The topological polar surface area (TPSA) is 84.9 Å².